The van der Waals surface area contributed by atoms with Crippen molar-refractivity contribution in [3.8, 4) is 5.75 Å². The smallest absolute Gasteiger partial charge is 0.281 e. The molecular weight excluding hydrogens is 394 g/mol. The van der Waals surface area contributed by atoms with E-state index in [1.54, 1.807) is 7.05 Å². The largest absolute Gasteiger partial charge is 0.489 e. The summed E-state index contributed by atoms with van der Waals surface area (Å²) < 4.78 is 35.1. The molecule has 1 saturated heterocycles. The fourth-order valence-electron chi connectivity index (χ4n) is 3.67. The molecule has 1 atom stereocenters. The molecule has 4 nitrogen and oxygen atoms in total. The zero-order chi connectivity index (χ0) is 20.6. The molecule has 152 valence electrons. The molecule has 1 N–H and O–H groups in total. The van der Waals surface area contributed by atoms with Gasteiger partial charge in [-0.3, -0.25) is 9.69 Å². The van der Waals surface area contributed by atoms with Crippen molar-refractivity contribution in [2.24, 2.45) is 0 Å². The zero-order valence-electron chi connectivity index (χ0n) is 16.2. The van der Waals surface area contributed by atoms with Crippen LogP contribution in [0, 0.1) is 6.92 Å². The maximum atomic E-state index is 14.1. The van der Waals surface area contributed by atoms with Crippen LogP contribution < -0.4 is 10.1 Å². The van der Waals surface area contributed by atoms with Crippen LogP contribution in [0.5, 0.6) is 5.75 Å². The summed E-state index contributed by atoms with van der Waals surface area (Å²) in [5, 5.41) is 3.27. The minimum absolute atomic E-state index is 0.130. The zero-order valence-corrected chi connectivity index (χ0v) is 17.1. The summed E-state index contributed by atoms with van der Waals surface area (Å²) in [5.74, 6) is -2.76. The Morgan fingerprint density at radius 3 is 2.72 bits per heavy atom. The molecule has 1 aliphatic heterocycles. The van der Waals surface area contributed by atoms with Crippen LogP contribution >= 0.6 is 11.3 Å². The van der Waals surface area contributed by atoms with E-state index < -0.39 is 17.9 Å². The Labute approximate surface area is 172 Å². The number of hydrogen-bond acceptors (Lipinski definition) is 4. The second kappa shape index (κ2) is 7.72. The molecular formula is C22H22F2N2O2S. The number of likely N-dealkylation sites (tertiary alicyclic amines) is 1. The Bertz CT molecular complexity index is 1040. The fourth-order valence-corrected chi connectivity index (χ4v) is 4.72. The van der Waals surface area contributed by atoms with Gasteiger partial charge < -0.3 is 10.1 Å². The van der Waals surface area contributed by atoms with E-state index in [9.17, 15) is 13.6 Å². The Kier molecular flexibility index (Phi) is 5.27. The lowest BCUT2D eigenvalue weighted by Crippen LogP contribution is -2.46. The van der Waals surface area contributed by atoms with Gasteiger partial charge in [0.15, 0.2) is 0 Å². The Balaban J connectivity index is 1.57. The Hall–Kier alpha value is -2.51. The highest BCUT2D eigenvalue weighted by atomic mass is 32.1. The van der Waals surface area contributed by atoms with Crippen LogP contribution in [0.25, 0.3) is 10.1 Å². The van der Waals surface area contributed by atoms with E-state index >= 15 is 0 Å². The molecule has 0 radical (unpaired) electrons. The van der Waals surface area contributed by atoms with Crippen LogP contribution in [0.4, 0.5) is 8.78 Å². The second-order valence-electron chi connectivity index (χ2n) is 7.45. The normalized spacial score (nSPS) is 18.8. The van der Waals surface area contributed by atoms with Crippen molar-refractivity contribution in [1.82, 2.24) is 10.2 Å². The maximum Gasteiger partial charge on any atom is 0.281 e. The third-order valence-electron chi connectivity index (χ3n) is 5.10. The van der Waals surface area contributed by atoms with E-state index in [4.69, 9.17) is 4.74 Å². The lowest BCUT2D eigenvalue weighted by Gasteiger charge is -2.19. The number of likely N-dealkylation sites (N-methyl/N-ethyl adjacent to an activating group) is 1. The number of halogens is 2. The first-order valence-electron chi connectivity index (χ1n) is 9.40. The highest BCUT2D eigenvalue weighted by molar-refractivity contribution is 7.19. The number of nitrogens with zero attached hydrogens (tertiary/aromatic N) is 1. The summed E-state index contributed by atoms with van der Waals surface area (Å²) >= 11 is 1.47. The van der Waals surface area contributed by atoms with Crippen LogP contribution in [0.1, 0.15) is 20.8 Å². The van der Waals surface area contributed by atoms with Crippen molar-refractivity contribution in [2.45, 2.75) is 25.5 Å². The molecule has 2 aromatic carbocycles. The van der Waals surface area contributed by atoms with Gasteiger partial charge in [-0.15, -0.1) is 11.3 Å². The van der Waals surface area contributed by atoms with Gasteiger partial charge in [0.05, 0.1) is 12.1 Å². The van der Waals surface area contributed by atoms with Gasteiger partial charge in [0.25, 0.3) is 11.8 Å². The van der Waals surface area contributed by atoms with E-state index in [2.05, 4.69) is 5.32 Å². The van der Waals surface area contributed by atoms with E-state index in [1.807, 2.05) is 55.5 Å². The summed E-state index contributed by atoms with van der Waals surface area (Å²) in [7, 11) is 1.63. The summed E-state index contributed by atoms with van der Waals surface area (Å²) in [6, 6.07) is 14.2. The molecule has 1 aliphatic rings. The molecule has 1 unspecified atom stereocenters. The van der Waals surface area contributed by atoms with Gasteiger partial charge >= 0.3 is 0 Å². The topological polar surface area (TPSA) is 41.6 Å². The first kappa shape index (κ1) is 19.8. The molecule has 3 aromatic rings. The lowest BCUT2D eigenvalue weighted by atomic mass is 10.1. The number of thiophene rings is 1. The van der Waals surface area contributed by atoms with E-state index in [-0.39, 0.29) is 13.1 Å². The van der Waals surface area contributed by atoms with Gasteiger partial charge in [-0.2, -0.15) is 0 Å². The Morgan fingerprint density at radius 2 is 2.03 bits per heavy atom. The van der Waals surface area contributed by atoms with Crippen molar-refractivity contribution in [1.29, 1.82) is 0 Å². The third-order valence-corrected chi connectivity index (χ3v) is 6.19. The number of aryl methyl sites for hydroxylation is 1. The van der Waals surface area contributed by atoms with E-state index in [0.29, 0.717) is 17.9 Å². The average Bonchev–Trinajstić information content (AvgIpc) is 3.14. The van der Waals surface area contributed by atoms with Crippen LogP contribution in [0.3, 0.4) is 0 Å². The molecule has 0 saturated carbocycles. The SMILES string of the molecule is Cc1sc2ccc(OCc3ccccc3)cc2c1C(=O)NC1CN(C)CC1(F)F. The van der Waals surface area contributed by atoms with Crippen molar-refractivity contribution in [3.63, 3.8) is 0 Å². The van der Waals surface area contributed by atoms with Crippen molar-refractivity contribution >= 4 is 27.3 Å². The fraction of sp³-hybridized carbons (Fsp3) is 0.318. The quantitative estimate of drug-likeness (QED) is 0.667. The first-order chi connectivity index (χ1) is 13.8. The number of ether oxygens (including phenoxy) is 1. The molecule has 0 aliphatic carbocycles. The van der Waals surface area contributed by atoms with E-state index in [1.165, 1.54) is 16.2 Å². The van der Waals surface area contributed by atoms with Crippen LogP contribution in [0.2, 0.25) is 0 Å². The van der Waals surface area contributed by atoms with Crippen molar-refractivity contribution in [2.75, 3.05) is 20.1 Å². The Morgan fingerprint density at radius 1 is 1.28 bits per heavy atom. The number of carbonyl (C=O) groups excluding carboxylic acids is 1. The molecule has 1 aromatic heterocycles. The maximum absolute atomic E-state index is 14.1. The van der Waals surface area contributed by atoms with Crippen LogP contribution in [-0.4, -0.2) is 42.9 Å². The van der Waals surface area contributed by atoms with Crippen molar-refractivity contribution < 1.29 is 18.3 Å². The van der Waals surface area contributed by atoms with Crippen LogP contribution in [-0.2, 0) is 6.61 Å². The lowest BCUT2D eigenvalue weighted by molar-refractivity contribution is -0.00819. The number of amides is 1. The van der Waals surface area contributed by atoms with Gasteiger partial charge in [-0.25, -0.2) is 8.78 Å². The monoisotopic (exact) mass is 416 g/mol. The number of carbonyl (C=O) groups is 1. The average molecular weight is 416 g/mol. The van der Waals surface area contributed by atoms with Gasteiger partial charge in [0.1, 0.15) is 18.4 Å². The third kappa shape index (κ3) is 4.11. The number of benzene rings is 2. The minimum Gasteiger partial charge on any atom is -0.489 e. The molecule has 4 rings (SSSR count). The number of rotatable bonds is 5. The summed E-state index contributed by atoms with van der Waals surface area (Å²) in [5.41, 5.74) is 1.49. The molecule has 1 fully saturated rings. The highest BCUT2D eigenvalue weighted by Crippen LogP contribution is 2.34. The van der Waals surface area contributed by atoms with E-state index in [0.717, 1.165) is 20.5 Å². The van der Waals surface area contributed by atoms with Gasteiger partial charge in [-0.05, 0) is 37.7 Å². The number of hydrogen-bond donors (Lipinski definition) is 1. The number of fused-ring (bicyclic) bond motifs is 1. The molecule has 1 amide bonds. The predicted molar refractivity (Wildman–Crippen MR) is 111 cm³/mol. The van der Waals surface area contributed by atoms with Crippen molar-refractivity contribution in [3.05, 3.63) is 64.5 Å². The van der Waals surface area contributed by atoms with Gasteiger partial charge in [0, 0.05) is 21.5 Å². The molecule has 2 heterocycles. The van der Waals surface area contributed by atoms with Gasteiger partial charge in [-0.1, -0.05) is 30.3 Å². The predicted octanol–water partition coefficient (Wildman–Crippen LogP) is 4.47. The second-order valence-corrected chi connectivity index (χ2v) is 8.71. The van der Waals surface area contributed by atoms with Crippen LogP contribution in [0.15, 0.2) is 48.5 Å². The summed E-state index contributed by atoms with van der Waals surface area (Å²) in [4.78, 5) is 15.2. The first-order valence-corrected chi connectivity index (χ1v) is 10.2. The summed E-state index contributed by atoms with van der Waals surface area (Å²) in [6.45, 7) is 2.03. The molecule has 0 bridgehead atoms. The minimum atomic E-state index is -2.94. The van der Waals surface area contributed by atoms with Gasteiger partial charge in [0.2, 0.25) is 0 Å². The number of nitrogens with one attached hydrogen (secondary N) is 1. The molecule has 29 heavy (non-hydrogen) atoms. The highest BCUT2D eigenvalue weighted by Gasteiger charge is 2.47. The number of alkyl halides is 2. The summed E-state index contributed by atoms with van der Waals surface area (Å²) in [6.07, 6.45) is 0. The molecule has 7 heteroatoms. The standard InChI is InChI=1S/C22H22F2N2O2S/c1-14-20(21(27)25-19-11-26(2)13-22(19,23)24)17-10-16(8-9-18(17)29-14)28-12-15-6-4-3-5-7-15/h3-10,19H,11-13H2,1-2H3,(H,25,27). The molecule has 0 spiro atoms.